The van der Waals surface area contributed by atoms with Crippen LogP contribution in [0.2, 0.25) is 0 Å². The summed E-state index contributed by atoms with van der Waals surface area (Å²) >= 11 is 0. The smallest absolute Gasteiger partial charge is 0.231 e. The van der Waals surface area contributed by atoms with Crippen LogP contribution in [-0.2, 0) is 43.2 Å². The molecular formula is C54H98N6O5. The van der Waals surface area contributed by atoms with Gasteiger partial charge in [-0.25, -0.2) is 0 Å². The van der Waals surface area contributed by atoms with E-state index < -0.39 is 0 Å². The summed E-state index contributed by atoms with van der Waals surface area (Å²) in [4.78, 5) is 67.7. The molecule has 0 heterocycles. The lowest BCUT2D eigenvalue weighted by Crippen LogP contribution is -2.34. The number of carbonyl (C=O) groups excluding carboxylic acids is 5. The van der Waals surface area contributed by atoms with Crippen LogP contribution in [0.15, 0.2) is 18.2 Å². The summed E-state index contributed by atoms with van der Waals surface area (Å²) in [7, 11) is 5.52. The lowest BCUT2D eigenvalue weighted by molar-refractivity contribution is -0.136. The monoisotopic (exact) mass is 911 g/mol. The Morgan fingerprint density at radius 1 is 0.385 bits per heavy atom. The highest BCUT2D eigenvalue weighted by Crippen LogP contribution is 2.18. The van der Waals surface area contributed by atoms with Crippen molar-refractivity contribution in [1.29, 1.82) is 0 Å². The molecule has 1 aromatic rings. The highest BCUT2D eigenvalue weighted by molar-refractivity contribution is 5.97. The van der Waals surface area contributed by atoms with Crippen molar-refractivity contribution >= 4 is 29.5 Å². The van der Waals surface area contributed by atoms with Crippen LogP contribution in [0.3, 0.4) is 0 Å². The molecule has 0 aliphatic carbocycles. The molecule has 0 bridgehead atoms. The third-order valence-electron chi connectivity index (χ3n) is 12.6. The SMILES string of the molecule is CCCCCCCN(C)C(=O)CCNCCCCCc1cc(CCCCCNC(=O)CC(=O)N(C)CCCCCCC)cc(CCCCCNC(=O)CC(=O)N(C)CCCCCCC)c1. The molecule has 11 heteroatoms. The van der Waals surface area contributed by atoms with Crippen molar-refractivity contribution in [2.45, 2.75) is 213 Å². The molecule has 0 aliphatic rings. The van der Waals surface area contributed by atoms with Crippen LogP contribution >= 0.6 is 0 Å². The third-order valence-corrected chi connectivity index (χ3v) is 12.6. The zero-order chi connectivity index (χ0) is 47.8. The number of benzene rings is 1. The summed E-state index contributed by atoms with van der Waals surface area (Å²) in [6, 6.07) is 7.12. The minimum atomic E-state index is -0.188. The number of rotatable bonds is 43. The molecule has 1 rings (SSSR count). The van der Waals surface area contributed by atoms with Crippen molar-refractivity contribution < 1.29 is 24.0 Å². The first-order valence-electron chi connectivity index (χ1n) is 26.6. The van der Waals surface area contributed by atoms with Gasteiger partial charge < -0.3 is 30.7 Å². The molecule has 374 valence electrons. The van der Waals surface area contributed by atoms with E-state index in [2.05, 4.69) is 54.9 Å². The average Bonchev–Trinajstić information content (AvgIpc) is 3.28. The second-order valence-corrected chi connectivity index (χ2v) is 18.8. The summed E-state index contributed by atoms with van der Waals surface area (Å²) in [6.07, 6.45) is 30.2. The Hall–Kier alpha value is -3.47. The van der Waals surface area contributed by atoms with E-state index in [4.69, 9.17) is 0 Å². The Morgan fingerprint density at radius 2 is 0.708 bits per heavy atom. The second kappa shape index (κ2) is 40.8. The van der Waals surface area contributed by atoms with Crippen LogP contribution in [-0.4, -0.2) is 111 Å². The molecule has 1 aromatic carbocycles. The highest BCUT2D eigenvalue weighted by Gasteiger charge is 2.15. The average molecular weight is 911 g/mol. The van der Waals surface area contributed by atoms with Crippen LogP contribution in [0.5, 0.6) is 0 Å². The Kier molecular flexibility index (Phi) is 37.4. The molecule has 11 nitrogen and oxygen atoms in total. The van der Waals surface area contributed by atoms with Gasteiger partial charge in [0.1, 0.15) is 12.8 Å². The van der Waals surface area contributed by atoms with Crippen LogP contribution in [0, 0.1) is 0 Å². The largest absolute Gasteiger partial charge is 0.356 e. The first-order valence-corrected chi connectivity index (χ1v) is 26.6. The maximum absolute atomic E-state index is 12.5. The minimum Gasteiger partial charge on any atom is -0.356 e. The normalized spacial score (nSPS) is 11.1. The molecule has 5 amide bonds. The van der Waals surface area contributed by atoms with Gasteiger partial charge in [-0.2, -0.15) is 0 Å². The van der Waals surface area contributed by atoms with Crippen molar-refractivity contribution in [3.8, 4) is 0 Å². The van der Waals surface area contributed by atoms with E-state index in [1.807, 2.05) is 11.9 Å². The number of hydrogen-bond acceptors (Lipinski definition) is 6. The Morgan fingerprint density at radius 3 is 1.08 bits per heavy atom. The molecule has 0 saturated heterocycles. The number of hydrogen-bond donors (Lipinski definition) is 3. The fraction of sp³-hybridized carbons (Fsp3) is 0.796. The molecule has 0 atom stereocenters. The van der Waals surface area contributed by atoms with E-state index >= 15 is 0 Å². The van der Waals surface area contributed by atoms with Gasteiger partial charge in [0.15, 0.2) is 0 Å². The molecule has 0 fully saturated rings. The fourth-order valence-corrected chi connectivity index (χ4v) is 8.16. The Bertz CT molecular complexity index is 1330. The fourth-order valence-electron chi connectivity index (χ4n) is 8.16. The van der Waals surface area contributed by atoms with E-state index in [0.717, 1.165) is 129 Å². The van der Waals surface area contributed by atoms with Gasteiger partial charge in [0.2, 0.25) is 29.5 Å². The molecule has 3 N–H and O–H groups in total. The summed E-state index contributed by atoms with van der Waals surface area (Å²) in [5.41, 5.74) is 4.12. The van der Waals surface area contributed by atoms with Gasteiger partial charge in [0.05, 0.1) is 0 Å². The van der Waals surface area contributed by atoms with E-state index in [1.165, 1.54) is 80.9 Å². The van der Waals surface area contributed by atoms with E-state index in [-0.39, 0.29) is 42.4 Å². The van der Waals surface area contributed by atoms with Crippen LogP contribution in [0.25, 0.3) is 0 Å². The van der Waals surface area contributed by atoms with E-state index in [0.29, 0.717) is 32.6 Å². The molecule has 0 spiro atoms. The summed E-state index contributed by atoms with van der Waals surface area (Å²) < 4.78 is 0. The van der Waals surface area contributed by atoms with Crippen molar-refractivity contribution in [3.05, 3.63) is 34.9 Å². The molecule has 0 saturated carbocycles. The molecular weight excluding hydrogens is 813 g/mol. The second-order valence-electron chi connectivity index (χ2n) is 18.8. The predicted molar refractivity (Wildman–Crippen MR) is 271 cm³/mol. The molecule has 0 aliphatic heterocycles. The topological polar surface area (TPSA) is 131 Å². The highest BCUT2D eigenvalue weighted by atomic mass is 16.2. The summed E-state index contributed by atoms with van der Waals surface area (Å²) in [5, 5.41) is 9.39. The number of carbonyl (C=O) groups is 5. The number of amides is 5. The molecule has 0 aromatic heterocycles. The van der Waals surface area contributed by atoms with Gasteiger partial charge in [0.25, 0.3) is 0 Å². The molecule has 0 unspecified atom stereocenters. The predicted octanol–water partition coefficient (Wildman–Crippen LogP) is 10.1. The zero-order valence-corrected chi connectivity index (χ0v) is 42.8. The van der Waals surface area contributed by atoms with E-state index in [9.17, 15) is 24.0 Å². The third kappa shape index (κ3) is 33.6. The lowest BCUT2D eigenvalue weighted by Gasteiger charge is -2.17. The lowest BCUT2D eigenvalue weighted by atomic mass is 9.95. The number of aryl methyl sites for hydroxylation is 3. The maximum Gasteiger partial charge on any atom is 0.231 e. The van der Waals surface area contributed by atoms with Gasteiger partial charge >= 0.3 is 0 Å². The summed E-state index contributed by atoms with van der Waals surface area (Å²) in [5.74, 6) is -0.364. The summed E-state index contributed by atoms with van der Waals surface area (Å²) in [6.45, 7) is 11.7. The van der Waals surface area contributed by atoms with Crippen molar-refractivity contribution in [3.63, 3.8) is 0 Å². The van der Waals surface area contributed by atoms with Crippen LogP contribution in [0.4, 0.5) is 0 Å². The van der Waals surface area contributed by atoms with Gasteiger partial charge in [-0.3, -0.25) is 24.0 Å². The van der Waals surface area contributed by atoms with E-state index in [1.54, 1.807) is 23.9 Å². The quantitative estimate of drug-likeness (QED) is 0.0442. The number of nitrogens with zero attached hydrogens (tertiary/aromatic N) is 3. The number of unbranched alkanes of at least 4 members (excludes halogenated alkanes) is 18. The number of nitrogens with one attached hydrogen (secondary N) is 3. The molecule has 0 radical (unpaired) electrons. The maximum atomic E-state index is 12.5. The first-order chi connectivity index (χ1) is 31.5. The van der Waals surface area contributed by atoms with Crippen LogP contribution in [0.1, 0.15) is 211 Å². The zero-order valence-electron chi connectivity index (χ0n) is 42.8. The van der Waals surface area contributed by atoms with Gasteiger partial charge in [0, 0.05) is 66.8 Å². The van der Waals surface area contributed by atoms with Gasteiger partial charge in [-0.05, 0) is 100 Å². The van der Waals surface area contributed by atoms with Gasteiger partial charge in [-0.15, -0.1) is 0 Å². The van der Waals surface area contributed by atoms with Gasteiger partial charge in [-0.1, -0.05) is 135 Å². The standard InChI is InChI=1S/C54H98N6O5/c1-7-10-13-16-28-39-58(4)52(63)34-38-55-35-25-19-22-31-47-42-48(32-23-20-26-36-56-50(61)45-53(64)59(5)40-29-17-14-11-8-2)44-49(43-47)33-24-21-27-37-57-51(62)46-54(65)60(6)41-30-18-15-12-9-3/h42-44,55H,7-41,45-46H2,1-6H3,(H,56,61)(H,57,62). The Labute approximate surface area is 398 Å². The van der Waals surface area contributed by atoms with Crippen molar-refractivity contribution in [1.82, 2.24) is 30.7 Å². The Balaban J connectivity index is 2.54. The van der Waals surface area contributed by atoms with Crippen LogP contribution < -0.4 is 16.0 Å². The molecule has 65 heavy (non-hydrogen) atoms. The van der Waals surface area contributed by atoms with Crippen molar-refractivity contribution in [2.75, 3.05) is 67.0 Å². The van der Waals surface area contributed by atoms with Crippen molar-refractivity contribution in [2.24, 2.45) is 0 Å². The minimum absolute atomic E-state index is 0.0808. The first kappa shape index (κ1) is 59.5.